The third-order valence-electron chi connectivity index (χ3n) is 5.35. The Morgan fingerprint density at radius 1 is 1.03 bits per heavy atom. The van der Waals surface area contributed by atoms with Crippen molar-refractivity contribution in [1.29, 1.82) is 0 Å². The van der Waals surface area contributed by atoms with Crippen LogP contribution in [0, 0.1) is 5.82 Å². The lowest BCUT2D eigenvalue weighted by molar-refractivity contribution is -0.119. The Bertz CT molecular complexity index is 1390. The van der Waals surface area contributed by atoms with Gasteiger partial charge in [-0.1, -0.05) is 12.1 Å². The summed E-state index contributed by atoms with van der Waals surface area (Å²) in [5.74, 6) is -0.476. The summed E-state index contributed by atoms with van der Waals surface area (Å²) >= 11 is 0. The van der Waals surface area contributed by atoms with Gasteiger partial charge in [-0.2, -0.15) is 0 Å². The average Bonchev–Trinajstić information content (AvgIpc) is 3.42. The number of imidazole rings is 1. The van der Waals surface area contributed by atoms with E-state index in [4.69, 9.17) is 4.74 Å². The number of carbonyl (C=O) groups is 1. The van der Waals surface area contributed by atoms with Crippen LogP contribution in [0.3, 0.4) is 0 Å². The monoisotopic (exact) mass is 508 g/mol. The molecule has 1 heterocycles. The van der Waals surface area contributed by atoms with Gasteiger partial charge in [-0.3, -0.25) is 9.10 Å². The first-order chi connectivity index (χ1) is 17.4. The van der Waals surface area contributed by atoms with Gasteiger partial charge in [0.1, 0.15) is 18.1 Å². The molecule has 0 aliphatic carbocycles. The number of sulfonamides is 1. The topological polar surface area (TPSA) is 93.5 Å². The third-order valence-corrected chi connectivity index (χ3v) is 7.14. The van der Waals surface area contributed by atoms with Gasteiger partial charge in [0.05, 0.1) is 23.5 Å². The second kappa shape index (κ2) is 11.0. The summed E-state index contributed by atoms with van der Waals surface area (Å²) < 4.78 is 48.5. The Labute approximate surface area is 209 Å². The Kier molecular flexibility index (Phi) is 7.65. The lowest BCUT2D eigenvalue weighted by Crippen LogP contribution is -2.40. The first-order valence-corrected chi connectivity index (χ1v) is 12.7. The van der Waals surface area contributed by atoms with Gasteiger partial charge in [0.2, 0.25) is 5.91 Å². The highest BCUT2D eigenvalue weighted by molar-refractivity contribution is 7.92. The van der Waals surface area contributed by atoms with E-state index < -0.39 is 28.3 Å². The summed E-state index contributed by atoms with van der Waals surface area (Å²) in [6.07, 6.45) is 5.20. The standard InChI is InChI=1S/C26H25FN4O4S/c1-2-35-24-11-9-23(10-12-24)31(36(33,34)25-13-5-21(27)6-14-25)18-26(32)29-17-20-3-7-22(8-4-20)30-16-15-28-19-30/h3-16,19H,2,17-18H2,1H3,(H,29,32). The summed E-state index contributed by atoms with van der Waals surface area (Å²) in [7, 11) is -4.15. The zero-order chi connectivity index (χ0) is 25.5. The average molecular weight is 509 g/mol. The number of benzene rings is 3. The molecule has 10 heteroatoms. The maximum atomic E-state index is 13.4. The summed E-state index contributed by atoms with van der Waals surface area (Å²) in [6, 6.07) is 18.4. The summed E-state index contributed by atoms with van der Waals surface area (Å²) in [6.45, 7) is 2.06. The van der Waals surface area contributed by atoms with Crippen molar-refractivity contribution < 1.29 is 22.3 Å². The minimum Gasteiger partial charge on any atom is -0.494 e. The minimum absolute atomic E-state index is 0.124. The van der Waals surface area contributed by atoms with E-state index in [0.29, 0.717) is 12.4 Å². The van der Waals surface area contributed by atoms with Gasteiger partial charge in [0.15, 0.2) is 0 Å². The van der Waals surface area contributed by atoms with Gasteiger partial charge in [0, 0.05) is 24.6 Å². The zero-order valence-electron chi connectivity index (χ0n) is 19.5. The van der Waals surface area contributed by atoms with Crippen molar-refractivity contribution in [2.45, 2.75) is 18.4 Å². The molecule has 0 spiro atoms. The SMILES string of the molecule is CCOc1ccc(N(CC(=O)NCc2ccc(-n3ccnc3)cc2)S(=O)(=O)c2ccc(F)cc2)cc1. The van der Waals surface area contributed by atoms with Crippen LogP contribution < -0.4 is 14.4 Å². The van der Waals surface area contributed by atoms with Gasteiger partial charge in [-0.15, -0.1) is 0 Å². The van der Waals surface area contributed by atoms with E-state index in [9.17, 15) is 17.6 Å². The van der Waals surface area contributed by atoms with E-state index in [1.807, 2.05) is 42.0 Å². The molecule has 1 amide bonds. The normalized spacial score (nSPS) is 11.2. The molecule has 36 heavy (non-hydrogen) atoms. The quantitative estimate of drug-likeness (QED) is 0.351. The summed E-state index contributed by atoms with van der Waals surface area (Å²) in [4.78, 5) is 16.7. The number of halogens is 1. The second-order valence-electron chi connectivity index (χ2n) is 7.81. The Hall–Kier alpha value is -4.18. The summed E-state index contributed by atoms with van der Waals surface area (Å²) in [5.41, 5.74) is 2.05. The molecule has 0 bridgehead atoms. The number of nitrogens with one attached hydrogen (secondary N) is 1. The van der Waals surface area contributed by atoms with E-state index in [1.165, 1.54) is 12.1 Å². The lowest BCUT2D eigenvalue weighted by atomic mass is 10.2. The fraction of sp³-hybridized carbons (Fsp3) is 0.154. The van der Waals surface area contributed by atoms with Gasteiger partial charge in [-0.05, 0) is 73.2 Å². The molecule has 0 aliphatic heterocycles. The number of hydrogen-bond acceptors (Lipinski definition) is 5. The number of nitrogens with zero attached hydrogens (tertiary/aromatic N) is 3. The molecule has 4 aromatic rings. The number of hydrogen-bond donors (Lipinski definition) is 1. The van der Waals surface area contributed by atoms with Gasteiger partial charge in [0.25, 0.3) is 10.0 Å². The number of amides is 1. The lowest BCUT2D eigenvalue weighted by Gasteiger charge is -2.24. The molecule has 0 aliphatic rings. The number of rotatable bonds is 10. The Balaban J connectivity index is 1.51. The molecule has 0 saturated heterocycles. The van der Waals surface area contributed by atoms with Crippen LogP contribution in [0.1, 0.15) is 12.5 Å². The van der Waals surface area contributed by atoms with E-state index in [1.54, 1.807) is 36.8 Å². The van der Waals surface area contributed by atoms with Crippen LogP contribution in [0.2, 0.25) is 0 Å². The number of ether oxygens (including phenoxy) is 1. The molecule has 8 nitrogen and oxygen atoms in total. The fourth-order valence-electron chi connectivity index (χ4n) is 3.51. The number of anilines is 1. The molecule has 0 unspecified atom stereocenters. The van der Waals surface area contributed by atoms with Gasteiger partial charge < -0.3 is 14.6 Å². The van der Waals surface area contributed by atoms with Crippen LogP contribution in [-0.4, -0.2) is 37.0 Å². The molecule has 1 aromatic heterocycles. The Morgan fingerprint density at radius 2 is 1.72 bits per heavy atom. The molecule has 3 aromatic carbocycles. The highest BCUT2D eigenvalue weighted by Crippen LogP contribution is 2.26. The smallest absolute Gasteiger partial charge is 0.264 e. The van der Waals surface area contributed by atoms with Crippen LogP contribution in [0.5, 0.6) is 5.75 Å². The molecule has 0 saturated carbocycles. The predicted octanol–water partition coefficient (Wildman–Crippen LogP) is 3.92. The molecule has 186 valence electrons. The molecule has 0 radical (unpaired) electrons. The van der Waals surface area contributed by atoms with Crippen LogP contribution in [0.4, 0.5) is 10.1 Å². The molecule has 1 N–H and O–H groups in total. The second-order valence-corrected chi connectivity index (χ2v) is 9.67. The highest BCUT2D eigenvalue weighted by Gasteiger charge is 2.27. The van der Waals surface area contributed by atoms with Crippen molar-refractivity contribution in [2.24, 2.45) is 0 Å². The van der Waals surface area contributed by atoms with E-state index in [0.717, 1.165) is 27.7 Å². The number of aromatic nitrogens is 2. The Morgan fingerprint density at radius 3 is 2.33 bits per heavy atom. The fourth-order valence-corrected chi connectivity index (χ4v) is 4.93. The van der Waals surface area contributed by atoms with Gasteiger partial charge >= 0.3 is 0 Å². The highest BCUT2D eigenvalue weighted by atomic mass is 32.2. The number of carbonyl (C=O) groups excluding carboxylic acids is 1. The maximum Gasteiger partial charge on any atom is 0.264 e. The van der Waals surface area contributed by atoms with E-state index in [2.05, 4.69) is 10.3 Å². The van der Waals surface area contributed by atoms with Crippen LogP contribution in [0.25, 0.3) is 5.69 Å². The van der Waals surface area contributed by atoms with Crippen LogP contribution in [0.15, 0.2) is 96.4 Å². The van der Waals surface area contributed by atoms with Crippen molar-refractivity contribution in [3.8, 4) is 11.4 Å². The third kappa shape index (κ3) is 5.89. The maximum absolute atomic E-state index is 13.4. The molecule has 0 atom stereocenters. The van der Waals surface area contributed by atoms with Crippen molar-refractivity contribution in [3.63, 3.8) is 0 Å². The molecular weight excluding hydrogens is 483 g/mol. The first-order valence-electron chi connectivity index (χ1n) is 11.2. The first kappa shape index (κ1) is 24.9. The van der Waals surface area contributed by atoms with E-state index in [-0.39, 0.29) is 17.1 Å². The molecule has 0 fully saturated rings. The summed E-state index contributed by atoms with van der Waals surface area (Å²) in [5, 5.41) is 2.77. The van der Waals surface area contributed by atoms with Crippen molar-refractivity contribution in [2.75, 3.05) is 17.5 Å². The van der Waals surface area contributed by atoms with E-state index >= 15 is 0 Å². The van der Waals surface area contributed by atoms with Crippen molar-refractivity contribution >= 4 is 21.6 Å². The molecular formula is C26H25FN4O4S. The predicted molar refractivity (Wildman–Crippen MR) is 134 cm³/mol. The molecule has 4 rings (SSSR count). The minimum atomic E-state index is -4.15. The van der Waals surface area contributed by atoms with Crippen molar-refractivity contribution in [3.05, 3.63) is 103 Å². The van der Waals surface area contributed by atoms with Crippen LogP contribution in [-0.2, 0) is 21.4 Å². The zero-order valence-corrected chi connectivity index (χ0v) is 20.4. The van der Waals surface area contributed by atoms with Crippen molar-refractivity contribution in [1.82, 2.24) is 14.9 Å². The van der Waals surface area contributed by atoms with Crippen LogP contribution >= 0.6 is 0 Å². The van der Waals surface area contributed by atoms with Gasteiger partial charge in [-0.25, -0.2) is 17.8 Å². The largest absolute Gasteiger partial charge is 0.494 e.